The number of nitrogens with zero attached hydrogens (tertiary/aromatic N) is 3. The molecule has 2 aliphatic rings. The van der Waals surface area contributed by atoms with Crippen LogP contribution in [-0.2, 0) is 14.8 Å². The molecule has 3 unspecified atom stereocenters. The molecule has 3 atom stereocenters. The van der Waals surface area contributed by atoms with Crippen LogP contribution in [-0.4, -0.2) is 45.7 Å². The van der Waals surface area contributed by atoms with Crippen molar-refractivity contribution in [3.63, 3.8) is 0 Å². The van der Waals surface area contributed by atoms with Crippen LogP contribution in [0.1, 0.15) is 32.1 Å². The van der Waals surface area contributed by atoms with E-state index in [1.54, 1.807) is 6.07 Å². The van der Waals surface area contributed by atoms with Crippen LogP contribution < -0.4 is 0 Å². The molecule has 7 nitrogen and oxygen atoms in total. The van der Waals surface area contributed by atoms with Gasteiger partial charge in [0.15, 0.2) is 0 Å². The number of halogens is 1. The van der Waals surface area contributed by atoms with E-state index in [4.69, 9.17) is 0 Å². The molecule has 2 aromatic rings. The predicted molar refractivity (Wildman–Crippen MR) is 94.3 cm³/mol. The summed E-state index contributed by atoms with van der Waals surface area (Å²) < 4.78 is 42.8. The average molecular weight is 393 g/mol. The number of rotatable bonds is 4. The number of carboxylic acid groups (broad SMARTS) is 1. The highest BCUT2D eigenvalue weighted by Crippen LogP contribution is 2.42. The first-order chi connectivity index (χ1) is 12.9. The zero-order chi connectivity index (χ0) is 19.2. The highest BCUT2D eigenvalue weighted by atomic mass is 32.2. The first-order valence-corrected chi connectivity index (χ1v) is 10.4. The first kappa shape index (κ1) is 18.1. The van der Waals surface area contributed by atoms with Crippen LogP contribution in [0.25, 0.3) is 5.69 Å². The van der Waals surface area contributed by atoms with E-state index in [1.165, 1.54) is 24.4 Å². The monoisotopic (exact) mass is 393 g/mol. The fraction of sp³-hybridized carbons (Fsp3) is 0.444. The fourth-order valence-electron chi connectivity index (χ4n) is 4.31. The Balaban J connectivity index is 1.72. The number of aliphatic carboxylic acids is 1. The second-order valence-electron chi connectivity index (χ2n) is 7.11. The fourth-order valence-corrected chi connectivity index (χ4v) is 6.11. The molecule has 0 radical (unpaired) electrons. The zero-order valence-electron chi connectivity index (χ0n) is 14.5. The zero-order valence-corrected chi connectivity index (χ0v) is 15.3. The number of hydrogen-bond donors (Lipinski definition) is 1. The van der Waals surface area contributed by atoms with Crippen LogP contribution in [0.2, 0.25) is 0 Å². The number of carbonyl (C=O) groups is 1. The van der Waals surface area contributed by atoms with E-state index in [-0.39, 0.29) is 22.5 Å². The Morgan fingerprint density at radius 2 is 1.96 bits per heavy atom. The number of fused-ring (bicyclic) bond motifs is 1. The van der Waals surface area contributed by atoms with Crippen molar-refractivity contribution < 1.29 is 22.7 Å². The maximum Gasteiger partial charge on any atom is 0.322 e. The predicted octanol–water partition coefficient (Wildman–Crippen LogP) is 2.42. The van der Waals surface area contributed by atoms with Crippen LogP contribution in [0.3, 0.4) is 0 Å². The standard InChI is InChI=1S/C18H20FN3O4S/c19-14-6-2-4-8-16(14)21-11-13(10-20-21)27(25,26)22-15-7-3-1-5-12(15)9-17(22)18(23)24/h2,4,6,8,10-12,15,17H,1,3,5,7,9H2,(H,23,24). The Morgan fingerprint density at radius 3 is 2.70 bits per heavy atom. The van der Waals surface area contributed by atoms with Crippen molar-refractivity contribution >= 4 is 16.0 Å². The quantitative estimate of drug-likeness (QED) is 0.861. The number of hydrogen-bond acceptors (Lipinski definition) is 4. The maximum atomic E-state index is 14.0. The normalized spacial score (nSPS) is 26.0. The summed E-state index contributed by atoms with van der Waals surface area (Å²) in [5.74, 6) is -1.59. The Morgan fingerprint density at radius 1 is 1.22 bits per heavy atom. The molecule has 1 N–H and O–H groups in total. The minimum Gasteiger partial charge on any atom is -0.480 e. The topological polar surface area (TPSA) is 92.5 Å². The van der Waals surface area contributed by atoms with Crippen LogP contribution in [0.5, 0.6) is 0 Å². The van der Waals surface area contributed by atoms with Gasteiger partial charge in [-0.15, -0.1) is 0 Å². The summed E-state index contributed by atoms with van der Waals surface area (Å²) in [7, 11) is -4.06. The minimum atomic E-state index is -4.06. The van der Waals surface area contributed by atoms with Crippen molar-refractivity contribution in [3.8, 4) is 5.69 Å². The van der Waals surface area contributed by atoms with Gasteiger partial charge in [-0.2, -0.15) is 9.40 Å². The van der Waals surface area contributed by atoms with Crippen LogP contribution in [0.15, 0.2) is 41.6 Å². The summed E-state index contributed by atoms with van der Waals surface area (Å²) in [5.41, 5.74) is 0.130. The lowest BCUT2D eigenvalue weighted by atomic mass is 9.85. The molecule has 2 heterocycles. The van der Waals surface area contributed by atoms with Crippen molar-refractivity contribution in [2.75, 3.05) is 0 Å². The summed E-state index contributed by atoms with van der Waals surface area (Å²) in [6.45, 7) is 0. The summed E-state index contributed by atoms with van der Waals surface area (Å²) in [4.78, 5) is 11.6. The van der Waals surface area contributed by atoms with Gasteiger partial charge in [0, 0.05) is 6.04 Å². The molecule has 1 aromatic carbocycles. The van der Waals surface area contributed by atoms with Gasteiger partial charge in [-0.05, 0) is 37.3 Å². The number of para-hydroxylation sites is 1. The van der Waals surface area contributed by atoms with Crippen LogP contribution in [0.4, 0.5) is 4.39 Å². The lowest BCUT2D eigenvalue weighted by Crippen LogP contribution is -2.46. The largest absolute Gasteiger partial charge is 0.480 e. The molecule has 0 spiro atoms. The second-order valence-corrected chi connectivity index (χ2v) is 8.95. The average Bonchev–Trinajstić information content (AvgIpc) is 3.28. The van der Waals surface area contributed by atoms with E-state index < -0.39 is 27.9 Å². The van der Waals surface area contributed by atoms with Gasteiger partial charge in [0.25, 0.3) is 0 Å². The van der Waals surface area contributed by atoms with E-state index in [1.807, 2.05) is 0 Å². The van der Waals surface area contributed by atoms with Crippen LogP contribution >= 0.6 is 0 Å². The smallest absolute Gasteiger partial charge is 0.322 e. The molecule has 144 valence electrons. The number of aromatic nitrogens is 2. The maximum absolute atomic E-state index is 14.0. The number of carboxylic acids is 1. The Bertz CT molecular complexity index is 974. The van der Waals surface area contributed by atoms with E-state index >= 15 is 0 Å². The van der Waals surface area contributed by atoms with Crippen molar-refractivity contribution in [2.45, 2.75) is 49.1 Å². The van der Waals surface area contributed by atoms with Gasteiger partial charge in [0.05, 0.1) is 12.4 Å². The number of benzene rings is 1. The molecule has 4 rings (SSSR count). The van der Waals surface area contributed by atoms with E-state index in [9.17, 15) is 22.7 Å². The Hall–Kier alpha value is -2.26. The molecule has 1 aliphatic carbocycles. The molecule has 2 fully saturated rings. The number of sulfonamides is 1. The highest BCUT2D eigenvalue weighted by Gasteiger charge is 2.51. The van der Waals surface area contributed by atoms with E-state index in [0.717, 1.165) is 34.4 Å². The molecule has 1 saturated heterocycles. The molecular weight excluding hydrogens is 373 g/mol. The van der Waals surface area contributed by atoms with Gasteiger partial charge in [0.1, 0.15) is 22.4 Å². The first-order valence-electron chi connectivity index (χ1n) is 8.95. The molecule has 1 aliphatic heterocycles. The Kier molecular flexibility index (Phi) is 4.51. The molecule has 27 heavy (non-hydrogen) atoms. The lowest BCUT2D eigenvalue weighted by molar-refractivity contribution is -0.141. The van der Waals surface area contributed by atoms with Gasteiger partial charge in [-0.3, -0.25) is 4.79 Å². The minimum absolute atomic E-state index is 0.0660. The molecule has 9 heteroatoms. The van der Waals surface area contributed by atoms with Crippen molar-refractivity contribution in [1.29, 1.82) is 0 Å². The summed E-state index contributed by atoms with van der Waals surface area (Å²) in [5, 5.41) is 13.6. The van der Waals surface area contributed by atoms with Crippen LogP contribution in [0, 0.1) is 11.7 Å². The van der Waals surface area contributed by atoms with E-state index in [2.05, 4.69) is 5.10 Å². The molecular formula is C18H20FN3O4S. The van der Waals surface area contributed by atoms with Crippen molar-refractivity contribution in [3.05, 3.63) is 42.5 Å². The Labute approximate surface area is 156 Å². The molecule has 1 aromatic heterocycles. The SMILES string of the molecule is O=C(O)C1CC2CCCCC2N1S(=O)(=O)c1cnn(-c2ccccc2F)c1. The highest BCUT2D eigenvalue weighted by molar-refractivity contribution is 7.89. The van der Waals surface area contributed by atoms with Gasteiger partial charge in [-0.1, -0.05) is 25.0 Å². The molecule has 0 amide bonds. The van der Waals surface area contributed by atoms with Crippen molar-refractivity contribution in [2.24, 2.45) is 5.92 Å². The van der Waals surface area contributed by atoms with Gasteiger partial charge >= 0.3 is 5.97 Å². The molecule has 0 bridgehead atoms. The third-order valence-electron chi connectivity index (χ3n) is 5.55. The summed E-state index contributed by atoms with van der Waals surface area (Å²) in [6, 6.07) is 4.54. The molecule has 1 saturated carbocycles. The van der Waals surface area contributed by atoms with Crippen molar-refractivity contribution in [1.82, 2.24) is 14.1 Å². The van der Waals surface area contributed by atoms with E-state index in [0.29, 0.717) is 12.8 Å². The van der Waals surface area contributed by atoms with Gasteiger partial charge in [-0.25, -0.2) is 17.5 Å². The van der Waals surface area contributed by atoms with Gasteiger partial charge < -0.3 is 5.11 Å². The third kappa shape index (κ3) is 3.04. The summed E-state index contributed by atoms with van der Waals surface area (Å²) >= 11 is 0. The second kappa shape index (κ2) is 6.72. The summed E-state index contributed by atoms with van der Waals surface area (Å²) in [6.07, 6.45) is 6.10. The lowest BCUT2D eigenvalue weighted by Gasteiger charge is -2.31. The van der Waals surface area contributed by atoms with Gasteiger partial charge in [0.2, 0.25) is 10.0 Å². The third-order valence-corrected chi connectivity index (χ3v) is 7.43.